The molecule has 0 aliphatic rings. The van der Waals surface area contributed by atoms with E-state index in [0.29, 0.717) is 5.11 Å². The largest absolute Gasteiger partial charge is 0.362 e. The van der Waals surface area contributed by atoms with Gasteiger partial charge in [0.2, 0.25) is 0 Å². The summed E-state index contributed by atoms with van der Waals surface area (Å²) in [6.07, 6.45) is 2.08. The van der Waals surface area contributed by atoms with Crippen molar-refractivity contribution in [3.8, 4) is 0 Å². The van der Waals surface area contributed by atoms with Gasteiger partial charge in [0.1, 0.15) is 0 Å². The van der Waals surface area contributed by atoms with Crippen LogP contribution >= 0.6 is 24.0 Å². The molecular weight excluding hydrogens is 212 g/mol. The van der Waals surface area contributed by atoms with Crippen LogP contribution in [-0.4, -0.2) is 23.7 Å². The smallest absolute Gasteiger partial charge is 0.170 e. The molecule has 1 aromatic rings. The second kappa shape index (κ2) is 6.68. The Morgan fingerprint density at radius 1 is 1.36 bits per heavy atom. The lowest BCUT2D eigenvalue weighted by atomic mass is 10.3. The molecule has 0 radical (unpaired) electrons. The van der Waals surface area contributed by atoms with Crippen molar-refractivity contribution in [2.75, 3.05) is 23.9 Å². The lowest BCUT2D eigenvalue weighted by molar-refractivity contribution is 0.992. The van der Waals surface area contributed by atoms with Gasteiger partial charge < -0.3 is 10.6 Å². The van der Waals surface area contributed by atoms with Gasteiger partial charge >= 0.3 is 0 Å². The molecule has 2 N–H and O–H groups in total. The van der Waals surface area contributed by atoms with Gasteiger partial charge in [0.25, 0.3) is 0 Å². The summed E-state index contributed by atoms with van der Waals surface area (Å²) in [4.78, 5) is 0. The van der Waals surface area contributed by atoms with Gasteiger partial charge in [-0.25, -0.2) is 0 Å². The maximum Gasteiger partial charge on any atom is 0.170 e. The monoisotopic (exact) mass is 226 g/mol. The van der Waals surface area contributed by atoms with E-state index in [9.17, 15) is 0 Å². The highest BCUT2D eigenvalue weighted by atomic mass is 32.2. The van der Waals surface area contributed by atoms with Crippen molar-refractivity contribution in [3.63, 3.8) is 0 Å². The fraction of sp³-hybridized carbons (Fsp3) is 0.300. The minimum atomic E-state index is 0.685. The van der Waals surface area contributed by atoms with Gasteiger partial charge in [-0.2, -0.15) is 11.8 Å². The summed E-state index contributed by atoms with van der Waals surface area (Å²) in [5, 5.41) is 6.93. The molecule has 0 atom stereocenters. The molecule has 0 saturated carbocycles. The highest BCUT2D eigenvalue weighted by Crippen LogP contribution is 2.04. The molecular formula is C10H14N2S2. The van der Waals surface area contributed by atoms with E-state index in [-0.39, 0.29) is 0 Å². The first kappa shape index (κ1) is 11.3. The minimum absolute atomic E-state index is 0.685. The quantitative estimate of drug-likeness (QED) is 0.608. The molecule has 4 heteroatoms. The predicted molar refractivity (Wildman–Crippen MR) is 69.0 cm³/mol. The summed E-state index contributed by atoms with van der Waals surface area (Å²) in [6.45, 7) is 0.903. The molecule has 0 aromatic heterocycles. The first-order chi connectivity index (χ1) is 6.83. The van der Waals surface area contributed by atoms with E-state index in [1.165, 1.54) is 0 Å². The fourth-order valence-electron chi connectivity index (χ4n) is 0.963. The molecule has 76 valence electrons. The Morgan fingerprint density at radius 2 is 2.07 bits per heavy atom. The van der Waals surface area contributed by atoms with Gasteiger partial charge in [-0.15, -0.1) is 0 Å². The van der Waals surface area contributed by atoms with E-state index in [0.717, 1.165) is 18.0 Å². The number of thioether (sulfide) groups is 1. The van der Waals surface area contributed by atoms with Crippen molar-refractivity contribution in [3.05, 3.63) is 30.3 Å². The fourth-order valence-corrected chi connectivity index (χ4v) is 1.49. The lowest BCUT2D eigenvalue weighted by Crippen LogP contribution is -2.30. The van der Waals surface area contributed by atoms with Gasteiger partial charge in [-0.1, -0.05) is 18.2 Å². The summed E-state index contributed by atoms with van der Waals surface area (Å²) in [6, 6.07) is 9.92. The molecule has 14 heavy (non-hydrogen) atoms. The normalized spacial score (nSPS) is 9.50. The van der Waals surface area contributed by atoms with E-state index in [1.54, 1.807) is 11.8 Å². The molecule has 1 aromatic carbocycles. The third-order valence-electron chi connectivity index (χ3n) is 1.62. The van der Waals surface area contributed by atoms with Crippen molar-refractivity contribution < 1.29 is 0 Å². The van der Waals surface area contributed by atoms with Crippen molar-refractivity contribution in [1.82, 2.24) is 5.32 Å². The topological polar surface area (TPSA) is 24.1 Å². The average molecular weight is 226 g/mol. The van der Waals surface area contributed by atoms with Crippen molar-refractivity contribution in [2.24, 2.45) is 0 Å². The molecule has 2 nitrogen and oxygen atoms in total. The summed E-state index contributed by atoms with van der Waals surface area (Å²) in [5.41, 5.74) is 1.02. The zero-order valence-corrected chi connectivity index (χ0v) is 9.75. The van der Waals surface area contributed by atoms with Crippen molar-refractivity contribution in [2.45, 2.75) is 0 Å². The Labute approximate surface area is 94.5 Å². The van der Waals surface area contributed by atoms with Gasteiger partial charge in [0.05, 0.1) is 0 Å². The average Bonchev–Trinajstić information content (AvgIpc) is 2.20. The summed E-state index contributed by atoms with van der Waals surface area (Å²) in [7, 11) is 0. The highest BCUT2D eigenvalue weighted by molar-refractivity contribution is 7.98. The maximum absolute atomic E-state index is 5.12. The zero-order valence-electron chi connectivity index (χ0n) is 8.12. The van der Waals surface area contributed by atoms with Crippen LogP contribution in [0.2, 0.25) is 0 Å². The van der Waals surface area contributed by atoms with Crippen LogP contribution in [0, 0.1) is 0 Å². The molecule has 0 unspecified atom stereocenters. The second-order valence-corrected chi connectivity index (χ2v) is 4.13. The van der Waals surface area contributed by atoms with Crippen molar-refractivity contribution >= 4 is 34.8 Å². The summed E-state index contributed by atoms with van der Waals surface area (Å²) < 4.78 is 0. The number of anilines is 1. The molecule has 0 fully saturated rings. The van der Waals surface area contributed by atoms with E-state index in [4.69, 9.17) is 12.2 Å². The van der Waals surface area contributed by atoms with Crippen LogP contribution in [0.5, 0.6) is 0 Å². The number of hydrogen-bond acceptors (Lipinski definition) is 2. The number of rotatable bonds is 4. The van der Waals surface area contributed by atoms with Crippen LogP contribution in [0.4, 0.5) is 5.69 Å². The van der Waals surface area contributed by atoms with Crippen LogP contribution in [-0.2, 0) is 0 Å². The Balaban J connectivity index is 2.27. The van der Waals surface area contributed by atoms with E-state index in [1.807, 2.05) is 30.3 Å². The van der Waals surface area contributed by atoms with Gasteiger partial charge in [0, 0.05) is 18.0 Å². The Morgan fingerprint density at radius 3 is 2.71 bits per heavy atom. The van der Waals surface area contributed by atoms with Crippen LogP contribution in [0.1, 0.15) is 0 Å². The number of para-hydroxylation sites is 1. The van der Waals surface area contributed by atoms with Gasteiger partial charge in [-0.05, 0) is 30.6 Å². The molecule has 0 aliphatic carbocycles. The molecule has 0 amide bonds. The molecule has 0 bridgehead atoms. The Bertz CT molecular complexity index is 275. The van der Waals surface area contributed by atoms with Crippen molar-refractivity contribution in [1.29, 1.82) is 0 Å². The van der Waals surface area contributed by atoms with E-state index >= 15 is 0 Å². The number of nitrogens with one attached hydrogen (secondary N) is 2. The summed E-state index contributed by atoms with van der Waals surface area (Å²) in [5.74, 6) is 1.07. The summed E-state index contributed by atoms with van der Waals surface area (Å²) >= 11 is 6.92. The van der Waals surface area contributed by atoms with Gasteiger partial charge in [0.15, 0.2) is 5.11 Å². The number of benzene rings is 1. The maximum atomic E-state index is 5.12. The number of thiocarbonyl (C=S) groups is 1. The van der Waals surface area contributed by atoms with Crippen LogP contribution in [0.25, 0.3) is 0 Å². The second-order valence-electron chi connectivity index (χ2n) is 2.74. The first-order valence-electron chi connectivity index (χ1n) is 4.42. The third-order valence-corrected chi connectivity index (χ3v) is 2.48. The number of hydrogen-bond donors (Lipinski definition) is 2. The minimum Gasteiger partial charge on any atom is -0.362 e. The Kier molecular flexibility index (Phi) is 5.40. The molecule has 0 spiro atoms. The zero-order chi connectivity index (χ0) is 10.2. The third kappa shape index (κ3) is 4.48. The highest BCUT2D eigenvalue weighted by Gasteiger charge is 1.94. The Hall–Kier alpha value is -0.740. The molecule has 0 aliphatic heterocycles. The standard InChI is InChI=1S/C10H14N2S2/c1-14-8-7-11-10(13)12-9-5-3-2-4-6-9/h2-6H,7-8H2,1H3,(H2,11,12,13). The van der Waals surface area contributed by atoms with Crippen LogP contribution in [0.3, 0.4) is 0 Å². The molecule has 0 saturated heterocycles. The SMILES string of the molecule is CSCCNC(=S)Nc1ccccc1. The predicted octanol–water partition coefficient (Wildman–Crippen LogP) is 2.34. The molecule has 0 heterocycles. The first-order valence-corrected chi connectivity index (χ1v) is 6.22. The van der Waals surface area contributed by atoms with E-state index in [2.05, 4.69) is 16.9 Å². The van der Waals surface area contributed by atoms with Crippen LogP contribution in [0.15, 0.2) is 30.3 Å². The van der Waals surface area contributed by atoms with Crippen LogP contribution < -0.4 is 10.6 Å². The molecule has 1 rings (SSSR count). The van der Waals surface area contributed by atoms with Gasteiger partial charge in [-0.3, -0.25) is 0 Å². The van der Waals surface area contributed by atoms with E-state index < -0.39 is 0 Å². The lowest BCUT2D eigenvalue weighted by Gasteiger charge is -2.09.